The van der Waals surface area contributed by atoms with E-state index in [2.05, 4.69) is 26.4 Å². The number of carboxylic acid groups (broad SMARTS) is 1. The monoisotopic (exact) mass is 599 g/mol. The zero-order valence-electron chi connectivity index (χ0n) is 19.7. The Morgan fingerprint density at radius 2 is 2.05 bits per heavy atom. The number of carbonyl (C=O) groups excluding carboxylic acids is 2. The number of nitrogen functional groups attached to an aromatic ring is 1. The van der Waals surface area contributed by atoms with Gasteiger partial charge in [0.15, 0.2) is 24.1 Å². The van der Waals surface area contributed by atoms with Gasteiger partial charge in [-0.05, 0) is 0 Å². The number of oxime groups is 1. The van der Waals surface area contributed by atoms with Gasteiger partial charge in [0.1, 0.15) is 23.7 Å². The number of fused-ring (bicyclic) bond motifs is 1. The maximum atomic E-state index is 12.9. The quantitative estimate of drug-likeness (QED) is 0.0386. The molecule has 0 spiro atoms. The topological polar surface area (TPSA) is 241 Å². The number of aliphatic carboxylic acids is 1. The summed E-state index contributed by atoms with van der Waals surface area (Å²) in [6.07, 6.45) is 5.08. The van der Waals surface area contributed by atoms with Crippen LogP contribution in [0.25, 0.3) is 0 Å². The Kier molecular flexibility index (Phi) is 9.70. The van der Waals surface area contributed by atoms with E-state index in [-0.39, 0.29) is 29.0 Å². The zero-order valence-corrected chi connectivity index (χ0v) is 22.2. The molecular formula is C20H21N7O9S3. The van der Waals surface area contributed by atoms with Crippen LogP contribution in [-0.4, -0.2) is 84.2 Å². The second-order valence-electron chi connectivity index (χ2n) is 7.57. The normalized spacial score (nSPS) is 18.8. The molecule has 0 radical (unpaired) electrons. The molecule has 5 N–H and O–H groups in total. The molecule has 1 unspecified atom stereocenters. The fourth-order valence-corrected chi connectivity index (χ4v) is 5.21. The first kappa shape index (κ1) is 29.6. The van der Waals surface area contributed by atoms with Crippen LogP contribution in [0, 0.1) is 0 Å². The summed E-state index contributed by atoms with van der Waals surface area (Å²) < 4.78 is 38.6. The van der Waals surface area contributed by atoms with Gasteiger partial charge < -0.3 is 25.5 Å². The molecular weight excluding hydrogens is 578 g/mol. The van der Waals surface area contributed by atoms with Crippen LogP contribution in [0.2, 0.25) is 0 Å². The number of carboxylic acids is 1. The van der Waals surface area contributed by atoms with E-state index in [1.54, 1.807) is 0 Å². The summed E-state index contributed by atoms with van der Waals surface area (Å²) in [5.41, 5.74) is 5.89. The fourth-order valence-electron chi connectivity index (χ4n) is 3.44. The van der Waals surface area contributed by atoms with Crippen LogP contribution in [-0.2, 0) is 36.2 Å². The lowest BCUT2D eigenvalue weighted by Crippen LogP contribution is -2.71. The van der Waals surface area contributed by atoms with Crippen molar-refractivity contribution in [2.24, 2.45) is 5.16 Å². The molecule has 4 rings (SSSR count). The third-order valence-electron chi connectivity index (χ3n) is 4.90. The SMILES string of the molecule is C=CCON=C(C(=O)NC1C(=O)N2C(C(=O)O)=C(C[n+]3ccccc3)CS[C@H]12)c1nsc(N)n1.O=S(=O)([O-])O. The first-order chi connectivity index (χ1) is 18.4. The second kappa shape index (κ2) is 12.8. The molecule has 208 valence electrons. The van der Waals surface area contributed by atoms with Gasteiger partial charge in [0.2, 0.25) is 21.9 Å². The van der Waals surface area contributed by atoms with Crippen LogP contribution in [0.3, 0.4) is 0 Å². The number of hydrogen-bond donors (Lipinski definition) is 4. The number of nitrogens with zero attached hydrogens (tertiary/aromatic N) is 5. The van der Waals surface area contributed by atoms with Crippen LogP contribution in [0.1, 0.15) is 5.82 Å². The molecule has 0 aromatic carbocycles. The molecule has 0 saturated carbocycles. The average Bonchev–Trinajstić information content (AvgIpc) is 3.30. The summed E-state index contributed by atoms with van der Waals surface area (Å²) >= 11 is 2.25. The van der Waals surface area contributed by atoms with Gasteiger partial charge in [-0.25, -0.2) is 17.8 Å². The van der Waals surface area contributed by atoms with Crippen molar-refractivity contribution in [1.82, 2.24) is 19.6 Å². The fraction of sp³-hybridized carbons (Fsp3) is 0.250. The highest BCUT2D eigenvalue weighted by atomic mass is 32.3. The standard InChI is InChI=1S/C20H19N7O5S2.H2O4S/c1-2-8-32-24-12(15-23-20(21)34-25-15)16(28)22-13-17(29)27-14(19(30)31)11(10-33-18(13)27)9-26-6-4-3-5-7-26;1-5(2,3)4/h2-7,13,18H,1,8-10H2,(H3-,21,22,23,25,28,30,31);(H2,1,2,3,4)/t13?,18-;/m1./s1. The molecule has 1 fully saturated rings. The predicted octanol–water partition coefficient (Wildman–Crippen LogP) is -1.24. The summed E-state index contributed by atoms with van der Waals surface area (Å²) in [7, 11) is -4.92. The van der Waals surface area contributed by atoms with Crippen LogP contribution >= 0.6 is 23.3 Å². The van der Waals surface area contributed by atoms with Gasteiger partial charge in [0.25, 0.3) is 11.8 Å². The lowest BCUT2D eigenvalue weighted by Gasteiger charge is -2.49. The van der Waals surface area contributed by atoms with E-state index >= 15 is 0 Å². The smallest absolute Gasteiger partial charge is 0.352 e. The molecule has 2 aliphatic heterocycles. The van der Waals surface area contributed by atoms with E-state index in [1.165, 1.54) is 22.7 Å². The van der Waals surface area contributed by atoms with Crippen molar-refractivity contribution < 1.29 is 46.4 Å². The summed E-state index contributed by atoms with van der Waals surface area (Å²) in [4.78, 5) is 48.1. The summed E-state index contributed by atoms with van der Waals surface area (Å²) in [6.45, 7) is 3.88. The molecule has 19 heteroatoms. The minimum atomic E-state index is -4.92. The Balaban J connectivity index is 0.000000771. The van der Waals surface area contributed by atoms with E-state index in [4.69, 9.17) is 28.1 Å². The lowest BCUT2D eigenvalue weighted by atomic mass is 10.0. The maximum absolute atomic E-state index is 12.9. The van der Waals surface area contributed by atoms with Crippen molar-refractivity contribution in [3.8, 4) is 0 Å². The van der Waals surface area contributed by atoms with Crippen LogP contribution in [0.15, 0.2) is 59.7 Å². The Labute approximate surface area is 229 Å². The van der Waals surface area contributed by atoms with E-state index in [1.807, 2.05) is 35.2 Å². The largest absolute Gasteiger partial charge is 0.726 e. The van der Waals surface area contributed by atoms with Crippen molar-refractivity contribution in [1.29, 1.82) is 0 Å². The van der Waals surface area contributed by atoms with Crippen molar-refractivity contribution in [3.63, 3.8) is 0 Å². The first-order valence-electron chi connectivity index (χ1n) is 10.6. The van der Waals surface area contributed by atoms with Crippen molar-refractivity contribution in [3.05, 3.63) is 60.3 Å². The number of hydrogen-bond acceptors (Lipinski definition) is 13. The second-order valence-corrected chi connectivity index (χ2v) is 10.3. The summed E-state index contributed by atoms with van der Waals surface area (Å²) in [5, 5.41) is 15.7. The molecule has 2 aromatic rings. The number of nitrogens with one attached hydrogen (secondary N) is 1. The zero-order chi connectivity index (χ0) is 28.7. The minimum Gasteiger partial charge on any atom is -0.726 e. The molecule has 2 amide bonds. The summed E-state index contributed by atoms with van der Waals surface area (Å²) in [6, 6.07) is 4.58. The number of pyridine rings is 1. The summed E-state index contributed by atoms with van der Waals surface area (Å²) in [5.74, 6) is -2.13. The predicted molar refractivity (Wildman–Crippen MR) is 136 cm³/mol. The number of aromatic nitrogens is 3. The molecule has 0 aliphatic carbocycles. The van der Waals surface area contributed by atoms with Crippen molar-refractivity contribution >= 4 is 62.3 Å². The molecule has 0 bridgehead atoms. The van der Waals surface area contributed by atoms with Crippen LogP contribution in [0.4, 0.5) is 5.13 Å². The molecule has 2 aromatic heterocycles. The minimum absolute atomic E-state index is 0.0416. The molecule has 2 aliphatic rings. The number of β-lactam (4-membered cyclic amide) rings is 1. The number of thioether (sulfide) groups is 1. The van der Waals surface area contributed by atoms with Crippen LogP contribution in [0.5, 0.6) is 0 Å². The Morgan fingerprint density at radius 1 is 1.38 bits per heavy atom. The number of amides is 2. The Morgan fingerprint density at radius 3 is 2.62 bits per heavy atom. The molecule has 4 heterocycles. The van der Waals surface area contributed by atoms with Gasteiger partial charge in [0.05, 0.1) is 0 Å². The number of carbonyl (C=O) groups is 3. The van der Waals surface area contributed by atoms with Gasteiger partial charge in [0, 0.05) is 35.0 Å². The number of anilines is 1. The molecule has 2 atom stereocenters. The lowest BCUT2D eigenvalue weighted by molar-refractivity contribution is -0.689. The van der Waals surface area contributed by atoms with E-state index in [9.17, 15) is 19.5 Å². The van der Waals surface area contributed by atoms with Gasteiger partial charge in [-0.3, -0.25) is 19.0 Å². The average molecular weight is 600 g/mol. The molecule has 16 nitrogen and oxygen atoms in total. The third-order valence-corrected chi connectivity index (χ3v) is 6.79. The van der Waals surface area contributed by atoms with Crippen molar-refractivity contribution in [2.75, 3.05) is 18.1 Å². The maximum Gasteiger partial charge on any atom is 0.352 e. The highest BCUT2D eigenvalue weighted by Gasteiger charge is 2.54. The number of rotatable bonds is 9. The van der Waals surface area contributed by atoms with E-state index in [0.717, 1.165) is 11.5 Å². The Bertz CT molecular complexity index is 1420. The van der Waals surface area contributed by atoms with Gasteiger partial charge in [-0.1, -0.05) is 23.9 Å². The molecule has 1 saturated heterocycles. The van der Waals surface area contributed by atoms with Crippen molar-refractivity contribution in [2.45, 2.75) is 18.0 Å². The third kappa shape index (κ3) is 7.80. The highest BCUT2D eigenvalue weighted by Crippen LogP contribution is 2.40. The Hall–Kier alpha value is -3.91. The van der Waals surface area contributed by atoms with E-state index < -0.39 is 39.6 Å². The van der Waals surface area contributed by atoms with Gasteiger partial charge in [-0.15, -0.1) is 11.8 Å². The first-order valence-corrected chi connectivity index (χ1v) is 13.8. The van der Waals surface area contributed by atoms with Gasteiger partial charge in [-0.2, -0.15) is 9.36 Å². The molecule has 39 heavy (non-hydrogen) atoms. The highest BCUT2D eigenvalue weighted by molar-refractivity contribution is 8.00. The van der Waals surface area contributed by atoms with E-state index in [0.29, 0.717) is 17.9 Å². The number of nitrogens with two attached hydrogens (primary N) is 1. The van der Waals surface area contributed by atoms with Crippen LogP contribution < -0.4 is 15.6 Å². The van der Waals surface area contributed by atoms with Gasteiger partial charge >= 0.3 is 5.97 Å².